The Balaban J connectivity index is 1.49. The van der Waals surface area contributed by atoms with Gasteiger partial charge >= 0.3 is 0 Å². The number of hydrogen-bond acceptors (Lipinski definition) is 5. The van der Waals surface area contributed by atoms with Gasteiger partial charge in [-0.15, -0.1) is 0 Å². The average Bonchev–Trinajstić information content (AvgIpc) is 2.89. The lowest BCUT2D eigenvalue weighted by Crippen LogP contribution is -2.40. The van der Waals surface area contributed by atoms with Crippen LogP contribution in [0.4, 0.5) is 14.7 Å². The Labute approximate surface area is 220 Å². The van der Waals surface area contributed by atoms with Gasteiger partial charge in [0.15, 0.2) is 5.88 Å². The molecule has 0 atom stereocenters. The molecule has 5 rings (SSSR count). The van der Waals surface area contributed by atoms with E-state index in [1.807, 2.05) is 29.2 Å². The van der Waals surface area contributed by atoms with Crippen LogP contribution in [0.3, 0.4) is 0 Å². The Hall–Kier alpha value is -3.98. The molecule has 1 aromatic heterocycles. The summed E-state index contributed by atoms with van der Waals surface area (Å²) in [6.45, 7) is 4.85. The molecule has 37 heavy (non-hydrogen) atoms. The molecule has 0 amide bonds. The van der Waals surface area contributed by atoms with E-state index in [1.165, 1.54) is 28.8 Å². The zero-order valence-corrected chi connectivity index (χ0v) is 21.3. The average molecular weight is 565 g/mol. The second-order valence-corrected chi connectivity index (χ2v) is 9.61. The predicted molar refractivity (Wildman–Crippen MR) is 141 cm³/mol. The number of hydrogen-bond donors (Lipinski definition) is 1. The molecule has 188 valence electrons. The number of fused-ring (bicyclic) bond motifs is 1. The molecule has 1 aliphatic rings. The van der Waals surface area contributed by atoms with Gasteiger partial charge < -0.3 is 15.4 Å². The highest BCUT2D eigenvalue weighted by Crippen LogP contribution is 2.29. The van der Waals surface area contributed by atoms with Gasteiger partial charge in [-0.3, -0.25) is 9.36 Å². The van der Waals surface area contributed by atoms with Crippen LogP contribution in [0.15, 0.2) is 94.5 Å². The fourth-order valence-electron chi connectivity index (χ4n) is 4.47. The van der Waals surface area contributed by atoms with Crippen molar-refractivity contribution >= 4 is 21.9 Å². The summed E-state index contributed by atoms with van der Waals surface area (Å²) in [4.78, 5) is 20.3. The van der Waals surface area contributed by atoms with Crippen molar-refractivity contribution in [2.24, 2.45) is 0 Å². The highest BCUT2D eigenvalue weighted by Gasteiger charge is 2.28. The molecular formula is C28H23BrF2N4O2. The number of halogens is 3. The number of benzene rings is 3. The summed E-state index contributed by atoms with van der Waals surface area (Å²) in [7, 11) is 0. The van der Waals surface area contributed by atoms with Gasteiger partial charge in [0, 0.05) is 16.6 Å². The smallest absolute Gasteiger partial charge is 0.259 e. The minimum atomic E-state index is -0.708. The van der Waals surface area contributed by atoms with Crippen LogP contribution in [0.25, 0.3) is 0 Å². The van der Waals surface area contributed by atoms with Crippen LogP contribution in [0.1, 0.15) is 28.4 Å². The summed E-state index contributed by atoms with van der Waals surface area (Å²) >= 11 is 3.40. The number of nitrogens with zero attached hydrogens (tertiary/aromatic N) is 3. The molecule has 6 nitrogen and oxygen atoms in total. The lowest BCUT2D eigenvalue weighted by Gasteiger charge is -2.32. The number of ether oxygens (including phenoxy) is 1. The molecule has 0 unspecified atom stereocenters. The summed E-state index contributed by atoms with van der Waals surface area (Å²) in [6, 6.07) is 18.3. The van der Waals surface area contributed by atoms with Crippen molar-refractivity contribution in [1.29, 1.82) is 0 Å². The van der Waals surface area contributed by atoms with Crippen LogP contribution in [-0.4, -0.2) is 21.0 Å². The Kier molecular flexibility index (Phi) is 6.80. The van der Waals surface area contributed by atoms with Gasteiger partial charge in [0.2, 0.25) is 5.95 Å². The topological polar surface area (TPSA) is 73.4 Å². The number of nitrogen functional groups attached to an aromatic ring is 1. The quantitative estimate of drug-likeness (QED) is 0.317. The second-order valence-electron chi connectivity index (χ2n) is 8.70. The summed E-state index contributed by atoms with van der Waals surface area (Å²) in [5, 5.41) is 0. The maximum absolute atomic E-state index is 13.8. The van der Waals surface area contributed by atoms with Crippen molar-refractivity contribution in [1.82, 2.24) is 14.5 Å². The number of nitrogens with two attached hydrogens (primary N) is 1. The molecule has 3 aromatic carbocycles. The van der Waals surface area contributed by atoms with Gasteiger partial charge in [0.25, 0.3) is 5.56 Å². The minimum Gasteiger partial charge on any atom is -0.442 e. The number of aromatic nitrogens is 2. The normalized spacial score (nSPS) is 12.9. The van der Waals surface area contributed by atoms with E-state index in [-0.39, 0.29) is 11.5 Å². The van der Waals surface area contributed by atoms with Gasteiger partial charge in [-0.2, -0.15) is 0 Å². The molecular weight excluding hydrogens is 542 g/mol. The molecule has 4 aromatic rings. The Morgan fingerprint density at radius 3 is 2.11 bits per heavy atom. The zero-order valence-electron chi connectivity index (χ0n) is 19.7. The van der Waals surface area contributed by atoms with E-state index in [0.29, 0.717) is 53.5 Å². The third-order valence-corrected chi connectivity index (χ3v) is 6.85. The first-order valence-corrected chi connectivity index (χ1v) is 12.4. The molecule has 9 heteroatoms. The maximum atomic E-state index is 13.8. The summed E-state index contributed by atoms with van der Waals surface area (Å²) in [6.07, 6.45) is 0.406. The first-order chi connectivity index (χ1) is 17.8. The van der Waals surface area contributed by atoms with Gasteiger partial charge in [-0.05, 0) is 72.7 Å². The first-order valence-electron chi connectivity index (χ1n) is 11.6. The lowest BCUT2D eigenvalue weighted by atomic mass is 9.97. The van der Waals surface area contributed by atoms with E-state index >= 15 is 0 Å². The molecule has 1 aliphatic heterocycles. The largest absolute Gasteiger partial charge is 0.442 e. The van der Waals surface area contributed by atoms with Crippen molar-refractivity contribution in [2.75, 3.05) is 12.3 Å². The molecule has 0 aliphatic carbocycles. The highest BCUT2D eigenvalue weighted by molar-refractivity contribution is 9.10. The van der Waals surface area contributed by atoms with E-state index in [9.17, 15) is 13.6 Å². The fourth-order valence-corrected chi connectivity index (χ4v) is 4.73. The van der Waals surface area contributed by atoms with Crippen LogP contribution in [0, 0.1) is 11.6 Å². The van der Waals surface area contributed by atoms with Crippen molar-refractivity contribution in [3.05, 3.63) is 134 Å². The highest BCUT2D eigenvalue weighted by atomic mass is 79.9. The monoisotopic (exact) mass is 564 g/mol. The Morgan fingerprint density at radius 1 is 0.973 bits per heavy atom. The van der Waals surface area contributed by atoms with Gasteiger partial charge in [-0.25, -0.2) is 13.8 Å². The van der Waals surface area contributed by atoms with Crippen LogP contribution in [0.2, 0.25) is 0 Å². The van der Waals surface area contributed by atoms with E-state index in [0.717, 1.165) is 4.47 Å². The second kappa shape index (κ2) is 10.2. The first kappa shape index (κ1) is 24.7. The Morgan fingerprint density at radius 2 is 1.54 bits per heavy atom. The SMILES string of the molecule is C=C(Oc1ccc(Br)cc1)N1CCc2c(nc(N)n(C(c3ccc(F)cc3)c3ccc(F)cc3)c2=O)C1. The van der Waals surface area contributed by atoms with Crippen LogP contribution < -0.4 is 16.0 Å². The Bertz CT molecular complexity index is 1460. The molecule has 0 bridgehead atoms. The predicted octanol–water partition coefficient (Wildman–Crippen LogP) is 5.41. The summed E-state index contributed by atoms with van der Waals surface area (Å²) in [5.41, 5.74) is 8.40. The zero-order chi connectivity index (χ0) is 26.1. The summed E-state index contributed by atoms with van der Waals surface area (Å²) in [5.74, 6) is 0.271. The van der Waals surface area contributed by atoms with E-state index in [1.54, 1.807) is 24.3 Å². The van der Waals surface area contributed by atoms with Gasteiger partial charge in [-0.1, -0.05) is 40.2 Å². The molecule has 2 heterocycles. The van der Waals surface area contributed by atoms with Crippen LogP contribution >= 0.6 is 15.9 Å². The standard InChI is InChI=1S/C28H23BrF2N4O2/c1-17(37-23-12-6-20(29)7-13-23)34-15-14-24-25(16-34)33-28(32)35(27(24)36)26(18-2-8-21(30)9-3-18)19-4-10-22(31)11-5-19/h2-13,26H,1,14-16H2,(H2,32,33). The van der Waals surface area contributed by atoms with Crippen molar-refractivity contribution < 1.29 is 13.5 Å². The van der Waals surface area contributed by atoms with E-state index in [2.05, 4.69) is 27.5 Å². The van der Waals surface area contributed by atoms with Crippen molar-refractivity contribution in [3.63, 3.8) is 0 Å². The molecule has 0 fully saturated rings. The van der Waals surface area contributed by atoms with Crippen LogP contribution in [0.5, 0.6) is 5.75 Å². The van der Waals surface area contributed by atoms with Gasteiger partial charge in [0.05, 0.1) is 18.3 Å². The summed E-state index contributed by atoms with van der Waals surface area (Å²) < 4.78 is 35.6. The minimum absolute atomic E-state index is 0.00342. The van der Waals surface area contributed by atoms with Gasteiger partial charge in [0.1, 0.15) is 17.4 Å². The molecule has 2 N–H and O–H groups in total. The number of anilines is 1. The third kappa shape index (κ3) is 5.13. The van der Waals surface area contributed by atoms with Crippen molar-refractivity contribution in [3.8, 4) is 5.75 Å². The fraction of sp³-hybridized carbons (Fsp3) is 0.143. The lowest BCUT2D eigenvalue weighted by molar-refractivity contribution is 0.200. The molecule has 0 radical (unpaired) electrons. The third-order valence-electron chi connectivity index (χ3n) is 6.33. The molecule has 0 spiro atoms. The van der Waals surface area contributed by atoms with E-state index in [4.69, 9.17) is 10.5 Å². The molecule has 0 saturated heterocycles. The maximum Gasteiger partial charge on any atom is 0.259 e. The molecule has 0 saturated carbocycles. The van der Waals surface area contributed by atoms with Crippen LogP contribution in [-0.2, 0) is 13.0 Å². The van der Waals surface area contributed by atoms with E-state index < -0.39 is 17.7 Å². The number of rotatable bonds is 6. The van der Waals surface area contributed by atoms with Crippen molar-refractivity contribution in [2.45, 2.75) is 19.0 Å².